The lowest BCUT2D eigenvalue weighted by molar-refractivity contribution is -0.150. The highest BCUT2D eigenvalue weighted by atomic mass is 16.5. The third-order valence-corrected chi connectivity index (χ3v) is 3.92. The maximum absolute atomic E-state index is 10.8. The number of rotatable bonds is 10. The second-order valence-electron chi connectivity index (χ2n) is 6.27. The van der Waals surface area contributed by atoms with E-state index in [1.807, 2.05) is 33.8 Å². The third kappa shape index (κ3) is 14.4. The maximum Gasteiger partial charge on any atom is 0.302 e. The van der Waals surface area contributed by atoms with Crippen molar-refractivity contribution < 1.29 is 23.9 Å². The van der Waals surface area contributed by atoms with E-state index in [1.54, 1.807) is 0 Å². The summed E-state index contributed by atoms with van der Waals surface area (Å²) < 4.78 is 10.2. The largest absolute Gasteiger partial charge is 0.462 e. The molecule has 0 spiro atoms. The Morgan fingerprint density at radius 1 is 0.880 bits per heavy atom. The van der Waals surface area contributed by atoms with Crippen molar-refractivity contribution in [3.63, 3.8) is 0 Å². The quantitative estimate of drug-likeness (QED) is 0.328. The van der Waals surface area contributed by atoms with Gasteiger partial charge in [-0.1, -0.05) is 39.8 Å². The highest BCUT2D eigenvalue weighted by Gasteiger charge is 2.17. The van der Waals surface area contributed by atoms with Crippen LogP contribution in [0.1, 0.15) is 74.1 Å². The highest BCUT2D eigenvalue weighted by molar-refractivity contribution is 5.66. The van der Waals surface area contributed by atoms with E-state index >= 15 is 0 Å². The molecule has 5 heteroatoms. The molecule has 0 rings (SSSR count). The minimum Gasteiger partial charge on any atom is -0.462 e. The van der Waals surface area contributed by atoms with E-state index in [0.717, 1.165) is 25.5 Å². The van der Waals surface area contributed by atoms with Crippen LogP contribution < -0.4 is 0 Å². The number of esters is 2. The van der Waals surface area contributed by atoms with Crippen molar-refractivity contribution in [1.29, 1.82) is 0 Å². The van der Waals surface area contributed by atoms with E-state index in [0.29, 0.717) is 12.3 Å². The van der Waals surface area contributed by atoms with Crippen LogP contribution in [0, 0.1) is 11.8 Å². The van der Waals surface area contributed by atoms with Gasteiger partial charge in [-0.05, 0) is 38.0 Å². The first kappa shape index (κ1) is 25.6. The minimum atomic E-state index is -0.278. The summed E-state index contributed by atoms with van der Waals surface area (Å²) in [5.74, 6) is 0.0697. The van der Waals surface area contributed by atoms with Gasteiger partial charge in [-0.3, -0.25) is 9.59 Å². The summed E-state index contributed by atoms with van der Waals surface area (Å²) in [6.07, 6.45) is 8.01. The smallest absolute Gasteiger partial charge is 0.302 e. The molecule has 0 N–H and O–H groups in total. The Morgan fingerprint density at radius 2 is 1.28 bits per heavy atom. The van der Waals surface area contributed by atoms with Crippen molar-refractivity contribution >= 4 is 18.2 Å². The van der Waals surface area contributed by atoms with Gasteiger partial charge in [0, 0.05) is 20.3 Å². The summed E-state index contributed by atoms with van der Waals surface area (Å²) in [5.41, 5.74) is 0. The predicted octanol–water partition coefficient (Wildman–Crippen LogP) is 4.48. The van der Waals surface area contributed by atoms with E-state index in [9.17, 15) is 14.4 Å². The Labute approximate surface area is 153 Å². The first-order chi connectivity index (χ1) is 11.7. The van der Waals surface area contributed by atoms with Crippen LogP contribution in [0.5, 0.6) is 0 Å². The van der Waals surface area contributed by atoms with Crippen LogP contribution in [-0.4, -0.2) is 30.4 Å². The average Bonchev–Trinajstić information content (AvgIpc) is 2.55. The van der Waals surface area contributed by atoms with Gasteiger partial charge in [0.2, 0.25) is 0 Å². The zero-order valence-corrected chi connectivity index (χ0v) is 16.9. The molecular formula is C20H36O5. The van der Waals surface area contributed by atoms with Crippen LogP contribution in [-0.2, 0) is 23.9 Å². The molecule has 0 radical (unpaired) electrons. The Balaban J connectivity index is 0. The molecule has 0 bridgehead atoms. The number of carbonyl (C=O) groups is 3. The molecule has 0 aromatic carbocycles. The second-order valence-corrected chi connectivity index (χ2v) is 6.27. The molecule has 0 aromatic heterocycles. The van der Waals surface area contributed by atoms with Crippen LogP contribution in [0.15, 0.2) is 12.2 Å². The van der Waals surface area contributed by atoms with Crippen LogP contribution >= 0.6 is 0 Å². The molecule has 146 valence electrons. The number of ether oxygens (including phenoxy) is 2. The van der Waals surface area contributed by atoms with Gasteiger partial charge in [0.15, 0.2) is 0 Å². The van der Waals surface area contributed by atoms with Crippen molar-refractivity contribution in [3.05, 3.63) is 12.2 Å². The van der Waals surface area contributed by atoms with Gasteiger partial charge in [0.25, 0.3) is 0 Å². The normalized spacial score (nSPS) is 15.3. The van der Waals surface area contributed by atoms with Crippen molar-refractivity contribution in [2.75, 3.05) is 0 Å². The van der Waals surface area contributed by atoms with Gasteiger partial charge in [-0.15, -0.1) is 0 Å². The van der Waals surface area contributed by atoms with Gasteiger partial charge in [-0.25, -0.2) is 0 Å². The summed E-state index contributed by atoms with van der Waals surface area (Å²) in [5, 5.41) is 0. The van der Waals surface area contributed by atoms with E-state index in [2.05, 4.69) is 13.0 Å². The number of hydrogen-bond donors (Lipinski definition) is 0. The first-order valence-electron chi connectivity index (χ1n) is 9.12. The van der Waals surface area contributed by atoms with Gasteiger partial charge >= 0.3 is 11.9 Å². The zero-order chi connectivity index (χ0) is 19.8. The fourth-order valence-electron chi connectivity index (χ4n) is 2.44. The summed E-state index contributed by atoms with van der Waals surface area (Å²) in [4.78, 5) is 31.5. The fraction of sp³-hybridized carbons (Fsp3) is 0.750. The molecule has 0 amide bonds. The molecule has 25 heavy (non-hydrogen) atoms. The number of hydrogen-bond acceptors (Lipinski definition) is 5. The van der Waals surface area contributed by atoms with E-state index in [-0.39, 0.29) is 30.1 Å². The number of allylic oxidation sites excluding steroid dienone is 2. The maximum atomic E-state index is 10.8. The topological polar surface area (TPSA) is 69.7 Å². The van der Waals surface area contributed by atoms with Crippen LogP contribution in [0.3, 0.4) is 0 Å². The third-order valence-electron chi connectivity index (χ3n) is 3.92. The van der Waals surface area contributed by atoms with E-state index in [1.165, 1.54) is 13.8 Å². The SMILES string of the molecule is C/C=C/C[C@@H](C)[C@H](CC)OC(C)=O.CC[C@H](OC(C)=O)[C@H](C)CC=O. The molecule has 0 aliphatic rings. The molecule has 0 heterocycles. The van der Waals surface area contributed by atoms with Gasteiger partial charge in [-0.2, -0.15) is 0 Å². The second kappa shape index (κ2) is 15.9. The minimum absolute atomic E-state index is 0.0636. The Bertz CT molecular complexity index is 403. The molecule has 0 fully saturated rings. The molecule has 0 unspecified atom stereocenters. The fourth-order valence-corrected chi connectivity index (χ4v) is 2.44. The number of aldehydes is 1. The van der Waals surface area contributed by atoms with E-state index in [4.69, 9.17) is 9.47 Å². The molecule has 0 saturated carbocycles. The molecule has 0 saturated heterocycles. The molecule has 0 aliphatic heterocycles. The summed E-state index contributed by atoms with van der Waals surface area (Å²) in [7, 11) is 0. The Hall–Kier alpha value is -1.65. The number of carbonyl (C=O) groups excluding carboxylic acids is 3. The summed E-state index contributed by atoms with van der Waals surface area (Å²) in [6.45, 7) is 12.8. The van der Waals surface area contributed by atoms with Gasteiger partial charge in [0.1, 0.15) is 18.5 Å². The average molecular weight is 357 g/mol. The summed E-state index contributed by atoms with van der Waals surface area (Å²) >= 11 is 0. The molecule has 5 nitrogen and oxygen atoms in total. The lowest BCUT2D eigenvalue weighted by Crippen LogP contribution is -2.23. The highest BCUT2D eigenvalue weighted by Crippen LogP contribution is 2.16. The van der Waals surface area contributed by atoms with Crippen molar-refractivity contribution in [1.82, 2.24) is 0 Å². The molecule has 4 atom stereocenters. The molecule has 0 aromatic rings. The van der Waals surface area contributed by atoms with Crippen molar-refractivity contribution in [3.8, 4) is 0 Å². The standard InChI is InChI=1S/C11H20O2.C9H16O3/c1-5-7-8-9(3)11(6-2)13-10(4)12;1-4-9(12-8(3)11)7(2)5-6-10/h5,7,9,11H,6,8H2,1-4H3;6-7,9H,4-5H2,1-3H3/b7-5+;/t9-,11+;7-,9+/m11/s1. The van der Waals surface area contributed by atoms with Gasteiger partial charge < -0.3 is 14.3 Å². The van der Waals surface area contributed by atoms with Crippen LogP contribution in [0.4, 0.5) is 0 Å². The monoisotopic (exact) mass is 356 g/mol. The van der Waals surface area contributed by atoms with Crippen molar-refractivity contribution in [2.24, 2.45) is 11.8 Å². The molecule has 0 aliphatic carbocycles. The zero-order valence-electron chi connectivity index (χ0n) is 16.9. The molecular weight excluding hydrogens is 320 g/mol. The Morgan fingerprint density at radius 3 is 1.56 bits per heavy atom. The predicted molar refractivity (Wildman–Crippen MR) is 100 cm³/mol. The lowest BCUT2D eigenvalue weighted by atomic mass is 9.98. The first-order valence-corrected chi connectivity index (χ1v) is 9.12. The van der Waals surface area contributed by atoms with Crippen molar-refractivity contribution in [2.45, 2.75) is 86.4 Å². The Kier molecular flexibility index (Phi) is 16.2. The summed E-state index contributed by atoms with van der Waals surface area (Å²) in [6, 6.07) is 0. The van der Waals surface area contributed by atoms with E-state index < -0.39 is 0 Å². The van der Waals surface area contributed by atoms with Gasteiger partial charge in [0.05, 0.1) is 0 Å². The van der Waals surface area contributed by atoms with Crippen LogP contribution in [0.25, 0.3) is 0 Å². The van der Waals surface area contributed by atoms with Crippen LogP contribution in [0.2, 0.25) is 0 Å². The lowest BCUT2D eigenvalue weighted by Gasteiger charge is -2.21.